The standard InChI is InChI=1S/C14H19NO2S/c1-15-14(13(16)17,12-7-8-12)10-18-9-11-5-3-2-4-6-11/h2-6,12,15H,7-10H2,1H3,(H,16,17). The maximum Gasteiger partial charge on any atom is 0.325 e. The molecule has 18 heavy (non-hydrogen) atoms. The molecular formula is C14H19NO2S. The summed E-state index contributed by atoms with van der Waals surface area (Å²) in [6.45, 7) is 0. The van der Waals surface area contributed by atoms with Crippen LogP contribution in [0.25, 0.3) is 0 Å². The maximum absolute atomic E-state index is 11.5. The first kappa shape index (κ1) is 13.4. The molecule has 1 aliphatic carbocycles. The topological polar surface area (TPSA) is 49.3 Å². The van der Waals surface area contributed by atoms with Crippen LogP contribution in [0.3, 0.4) is 0 Å². The van der Waals surface area contributed by atoms with E-state index in [1.54, 1.807) is 18.8 Å². The van der Waals surface area contributed by atoms with E-state index >= 15 is 0 Å². The van der Waals surface area contributed by atoms with Crippen molar-refractivity contribution in [2.24, 2.45) is 5.92 Å². The van der Waals surface area contributed by atoms with E-state index in [4.69, 9.17) is 0 Å². The number of carbonyl (C=O) groups is 1. The zero-order chi connectivity index (χ0) is 13.0. The third-order valence-corrected chi connectivity index (χ3v) is 4.74. The number of aliphatic carboxylic acids is 1. The van der Waals surface area contributed by atoms with Crippen molar-refractivity contribution in [3.05, 3.63) is 35.9 Å². The normalized spacial score (nSPS) is 18.3. The van der Waals surface area contributed by atoms with Crippen molar-refractivity contribution < 1.29 is 9.90 Å². The molecule has 1 atom stereocenters. The number of thioether (sulfide) groups is 1. The first-order valence-corrected chi connectivity index (χ1v) is 7.38. The Morgan fingerprint density at radius 1 is 1.44 bits per heavy atom. The first-order chi connectivity index (χ1) is 8.69. The molecule has 0 spiro atoms. The summed E-state index contributed by atoms with van der Waals surface area (Å²) in [6, 6.07) is 10.2. The number of benzene rings is 1. The fourth-order valence-corrected chi connectivity index (χ4v) is 3.57. The highest BCUT2D eigenvalue weighted by Gasteiger charge is 2.49. The Morgan fingerprint density at radius 2 is 2.11 bits per heavy atom. The molecule has 1 saturated carbocycles. The van der Waals surface area contributed by atoms with Gasteiger partial charge in [-0.05, 0) is 31.4 Å². The third kappa shape index (κ3) is 2.87. The predicted octanol–water partition coefficient (Wildman–Crippen LogP) is 2.37. The summed E-state index contributed by atoms with van der Waals surface area (Å²) in [4.78, 5) is 11.5. The van der Waals surface area contributed by atoms with E-state index in [2.05, 4.69) is 17.4 Å². The van der Waals surface area contributed by atoms with Gasteiger partial charge >= 0.3 is 5.97 Å². The Balaban J connectivity index is 1.92. The lowest BCUT2D eigenvalue weighted by atomic mass is 9.96. The summed E-state index contributed by atoms with van der Waals surface area (Å²) >= 11 is 1.69. The highest BCUT2D eigenvalue weighted by molar-refractivity contribution is 7.98. The Labute approximate surface area is 112 Å². The van der Waals surface area contributed by atoms with Crippen LogP contribution in [0.2, 0.25) is 0 Å². The smallest absolute Gasteiger partial charge is 0.325 e. The van der Waals surface area contributed by atoms with Crippen LogP contribution >= 0.6 is 11.8 Å². The number of rotatable bonds is 7. The van der Waals surface area contributed by atoms with Gasteiger partial charge in [-0.3, -0.25) is 4.79 Å². The van der Waals surface area contributed by atoms with E-state index in [9.17, 15) is 9.90 Å². The van der Waals surface area contributed by atoms with Gasteiger partial charge in [0, 0.05) is 11.5 Å². The zero-order valence-electron chi connectivity index (χ0n) is 10.6. The van der Waals surface area contributed by atoms with Gasteiger partial charge in [0.15, 0.2) is 0 Å². The van der Waals surface area contributed by atoms with Crippen LogP contribution in [-0.2, 0) is 10.5 Å². The fourth-order valence-electron chi connectivity index (χ4n) is 2.22. The second-order valence-electron chi connectivity index (χ2n) is 4.78. The van der Waals surface area contributed by atoms with Crippen molar-refractivity contribution in [2.45, 2.75) is 24.1 Å². The summed E-state index contributed by atoms with van der Waals surface area (Å²) in [5.41, 5.74) is 0.507. The zero-order valence-corrected chi connectivity index (χ0v) is 11.4. The number of likely N-dealkylation sites (N-methyl/N-ethyl adjacent to an activating group) is 1. The average molecular weight is 265 g/mol. The van der Waals surface area contributed by atoms with Crippen molar-refractivity contribution in [1.82, 2.24) is 5.32 Å². The summed E-state index contributed by atoms with van der Waals surface area (Å²) in [5, 5.41) is 12.5. The Morgan fingerprint density at radius 3 is 2.61 bits per heavy atom. The highest BCUT2D eigenvalue weighted by atomic mass is 32.2. The molecule has 98 valence electrons. The number of hydrogen-bond acceptors (Lipinski definition) is 3. The molecule has 0 aromatic heterocycles. The molecule has 1 aromatic rings. The van der Waals surface area contributed by atoms with Crippen LogP contribution in [-0.4, -0.2) is 29.4 Å². The minimum Gasteiger partial charge on any atom is -0.480 e. The van der Waals surface area contributed by atoms with Crippen molar-refractivity contribution in [3.8, 4) is 0 Å². The van der Waals surface area contributed by atoms with Gasteiger partial charge in [0.05, 0.1) is 0 Å². The average Bonchev–Trinajstić information content (AvgIpc) is 3.20. The summed E-state index contributed by atoms with van der Waals surface area (Å²) in [5.74, 6) is 1.07. The van der Waals surface area contributed by atoms with Gasteiger partial charge in [-0.1, -0.05) is 30.3 Å². The molecule has 0 radical (unpaired) electrons. The summed E-state index contributed by atoms with van der Waals surface area (Å²) in [7, 11) is 1.76. The summed E-state index contributed by atoms with van der Waals surface area (Å²) in [6.07, 6.45) is 2.05. The molecule has 2 N–H and O–H groups in total. The van der Waals surface area contributed by atoms with Crippen molar-refractivity contribution >= 4 is 17.7 Å². The lowest BCUT2D eigenvalue weighted by Crippen LogP contribution is -2.54. The van der Waals surface area contributed by atoms with Crippen LogP contribution in [0.5, 0.6) is 0 Å². The molecule has 0 bridgehead atoms. The molecular weight excluding hydrogens is 246 g/mol. The van der Waals surface area contributed by atoms with Gasteiger partial charge in [-0.2, -0.15) is 11.8 Å². The molecule has 0 amide bonds. The number of hydrogen-bond donors (Lipinski definition) is 2. The number of carboxylic acids is 1. The maximum atomic E-state index is 11.5. The van der Waals surface area contributed by atoms with Gasteiger partial charge in [0.2, 0.25) is 0 Å². The quantitative estimate of drug-likeness (QED) is 0.794. The van der Waals surface area contributed by atoms with E-state index in [0.29, 0.717) is 11.7 Å². The molecule has 1 aliphatic rings. The van der Waals surface area contributed by atoms with Crippen LogP contribution < -0.4 is 5.32 Å². The van der Waals surface area contributed by atoms with Crippen LogP contribution in [0, 0.1) is 5.92 Å². The predicted molar refractivity (Wildman–Crippen MR) is 74.8 cm³/mol. The van der Waals surface area contributed by atoms with E-state index in [0.717, 1.165) is 18.6 Å². The van der Waals surface area contributed by atoms with Crippen LogP contribution in [0.4, 0.5) is 0 Å². The van der Waals surface area contributed by atoms with E-state index in [1.165, 1.54) is 5.56 Å². The van der Waals surface area contributed by atoms with E-state index < -0.39 is 11.5 Å². The van der Waals surface area contributed by atoms with Crippen molar-refractivity contribution in [2.75, 3.05) is 12.8 Å². The fraction of sp³-hybridized carbons (Fsp3) is 0.500. The monoisotopic (exact) mass is 265 g/mol. The molecule has 1 unspecified atom stereocenters. The molecule has 0 aliphatic heterocycles. The second-order valence-corrected chi connectivity index (χ2v) is 5.76. The van der Waals surface area contributed by atoms with Crippen molar-refractivity contribution in [3.63, 3.8) is 0 Å². The van der Waals surface area contributed by atoms with Crippen LogP contribution in [0.15, 0.2) is 30.3 Å². The molecule has 1 aromatic carbocycles. The third-order valence-electron chi connectivity index (χ3n) is 3.54. The van der Waals surface area contributed by atoms with E-state index in [1.807, 2.05) is 18.2 Å². The first-order valence-electron chi connectivity index (χ1n) is 6.23. The Hall–Kier alpha value is -1.00. The summed E-state index contributed by atoms with van der Waals surface area (Å²) < 4.78 is 0. The van der Waals surface area contributed by atoms with Crippen molar-refractivity contribution in [1.29, 1.82) is 0 Å². The second kappa shape index (κ2) is 5.76. The Bertz CT molecular complexity index is 406. The lowest BCUT2D eigenvalue weighted by molar-refractivity contribution is -0.144. The minimum atomic E-state index is -0.737. The molecule has 1 fully saturated rings. The van der Waals surface area contributed by atoms with Gasteiger partial charge in [0.25, 0.3) is 0 Å². The lowest BCUT2D eigenvalue weighted by Gasteiger charge is -2.28. The number of carboxylic acid groups (broad SMARTS) is 1. The van der Waals surface area contributed by atoms with Gasteiger partial charge in [-0.25, -0.2) is 0 Å². The number of nitrogens with one attached hydrogen (secondary N) is 1. The van der Waals surface area contributed by atoms with Gasteiger partial charge in [-0.15, -0.1) is 0 Å². The molecule has 0 saturated heterocycles. The highest BCUT2D eigenvalue weighted by Crippen LogP contribution is 2.41. The SMILES string of the molecule is CNC(CSCc1ccccc1)(C(=O)O)C1CC1. The molecule has 3 nitrogen and oxygen atoms in total. The molecule has 2 rings (SSSR count). The minimum absolute atomic E-state index is 0.295. The van der Waals surface area contributed by atoms with E-state index in [-0.39, 0.29) is 0 Å². The molecule has 0 heterocycles. The molecule has 4 heteroatoms. The Kier molecular flexibility index (Phi) is 4.30. The van der Waals surface area contributed by atoms with Gasteiger partial charge in [0.1, 0.15) is 5.54 Å². The van der Waals surface area contributed by atoms with Gasteiger partial charge < -0.3 is 10.4 Å². The largest absolute Gasteiger partial charge is 0.480 e. The van der Waals surface area contributed by atoms with Crippen LogP contribution in [0.1, 0.15) is 18.4 Å².